The number of carbonyl (C=O) groups is 1. The highest BCUT2D eigenvalue weighted by Gasteiger charge is 2.28. The standard InChI is InChI=1S/C17H17ClN4O2S/c1-24-15(23)12-3-2-8-21(9-12)17-20-22-10-14(19-16(22)25-17)11-4-6-13(18)7-5-11/h4-7,10,12H,2-3,8-9H2,1H3. The normalized spacial score (nSPS) is 17.8. The number of methoxy groups -OCH3 is 1. The molecule has 8 heteroatoms. The third-order valence-corrected chi connectivity index (χ3v) is 5.63. The van der Waals surface area contributed by atoms with E-state index in [2.05, 4.69) is 15.0 Å². The van der Waals surface area contributed by atoms with E-state index in [1.165, 1.54) is 18.4 Å². The molecule has 0 amide bonds. The van der Waals surface area contributed by atoms with Gasteiger partial charge < -0.3 is 9.64 Å². The second-order valence-electron chi connectivity index (χ2n) is 6.05. The van der Waals surface area contributed by atoms with Crippen LogP contribution in [0.25, 0.3) is 16.2 Å². The van der Waals surface area contributed by atoms with Crippen molar-refractivity contribution in [1.82, 2.24) is 14.6 Å². The lowest BCUT2D eigenvalue weighted by Crippen LogP contribution is -2.39. The maximum absolute atomic E-state index is 11.8. The molecular formula is C17H17ClN4O2S. The van der Waals surface area contributed by atoms with Crippen molar-refractivity contribution in [1.29, 1.82) is 0 Å². The van der Waals surface area contributed by atoms with E-state index in [4.69, 9.17) is 16.3 Å². The zero-order valence-corrected chi connectivity index (χ0v) is 15.3. The maximum Gasteiger partial charge on any atom is 0.310 e. The van der Waals surface area contributed by atoms with Gasteiger partial charge >= 0.3 is 5.97 Å². The van der Waals surface area contributed by atoms with Crippen LogP contribution in [-0.4, -0.2) is 40.8 Å². The predicted octanol–water partition coefficient (Wildman–Crippen LogP) is 3.50. The summed E-state index contributed by atoms with van der Waals surface area (Å²) in [6, 6.07) is 7.59. The van der Waals surface area contributed by atoms with E-state index >= 15 is 0 Å². The number of piperidine rings is 1. The average molecular weight is 377 g/mol. The molecule has 1 saturated heterocycles. The number of aromatic nitrogens is 3. The number of benzene rings is 1. The maximum atomic E-state index is 11.8. The first kappa shape index (κ1) is 16.4. The predicted molar refractivity (Wildman–Crippen MR) is 98.3 cm³/mol. The van der Waals surface area contributed by atoms with Crippen molar-refractivity contribution in [2.24, 2.45) is 5.92 Å². The summed E-state index contributed by atoms with van der Waals surface area (Å²) in [5, 5.41) is 6.23. The van der Waals surface area contributed by atoms with E-state index in [1.54, 1.807) is 4.52 Å². The number of halogens is 1. The van der Waals surface area contributed by atoms with E-state index in [0.717, 1.165) is 40.7 Å². The van der Waals surface area contributed by atoms with Crippen LogP contribution in [0.5, 0.6) is 0 Å². The summed E-state index contributed by atoms with van der Waals surface area (Å²) in [7, 11) is 1.44. The SMILES string of the molecule is COC(=O)C1CCCN(c2nn3cc(-c4ccc(Cl)cc4)nc3s2)C1. The topological polar surface area (TPSA) is 59.7 Å². The molecule has 1 atom stereocenters. The Morgan fingerprint density at radius 3 is 2.88 bits per heavy atom. The number of carbonyl (C=O) groups excluding carboxylic acids is 1. The molecule has 130 valence electrons. The molecule has 0 bridgehead atoms. The van der Waals surface area contributed by atoms with Gasteiger partial charge in [-0.1, -0.05) is 35.1 Å². The molecule has 25 heavy (non-hydrogen) atoms. The van der Waals surface area contributed by atoms with Gasteiger partial charge in [0.05, 0.1) is 24.9 Å². The second-order valence-corrected chi connectivity index (χ2v) is 7.42. The number of imidazole rings is 1. The first-order valence-electron chi connectivity index (χ1n) is 8.09. The van der Waals surface area contributed by atoms with Gasteiger partial charge in [0.1, 0.15) is 0 Å². The fraction of sp³-hybridized carbons (Fsp3) is 0.353. The number of rotatable bonds is 3. The molecule has 2 aromatic heterocycles. The molecule has 1 unspecified atom stereocenters. The minimum Gasteiger partial charge on any atom is -0.469 e. The minimum atomic E-state index is -0.143. The number of anilines is 1. The van der Waals surface area contributed by atoms with Crippen LogP contribution in [0.2, 0.25) is 5.02 Å². The van der Waals surface area contributed by atoms with E-state index in [-0.39, 0.29) is 11.9 Å². The molecule has 1 fully saturated rings. The summed E-state index contributed by atoms with van der Waals surface area (Å²) in [5.41, 5.74) is 1.88. The first-order valence-corrected chi connectivity index (χ1v) is 9.28. The number of ether oxygens (including phenoxy) is 1. The van der Waals surface area contributed by atoms with Crippen molar-refractivity contribution < 1.29 is 9.53 Å². The van der Waals surface area contributed by atoms with Crippen LogP contribution in [-0.2, 0) is 9.53 Å². The third-order valence-electron chi connectivity index (χ3n) is 4.40. The molecule has 3 aromatic rings. The highest BCUT2D eigenvalue weighted by atomic mass is 35.5. The van der Waals surface area contributed by atoms with Gasteiger partial charge in [0.25, 0.3) is 0 Å². The van der Waals surface area contributed by atoms with Gasteiger partial charge in [-0.05, 0) is 25.0 Å². The lowest BCUT2D eigenvalue weighted by Gasteiger charge is -2.30. The van der Waals surface area contributed by atoms with Crippen molar-refractivity contribution >= 4 is 39.0 Å². The second kappa shape index (κ2) is 6.65. The summed E-state index contributed by atoms with van der Waals surface area (Å²) in [6.45, 7) is 1.54. The molecule has 1 aromatic carbocycles. The van der Waals surface area contributed by atoms with E-state index < -0.39 is 0 Å². The molecule has 6 nitrogen and oxygen atoms in total. The molecule has 3 heterocycles. The van der Waals surface area contributed by atoms with Crippen LogP contribution in [0.1, 0.15) is 12.8 Å². The molecule has 0 radical (unpaired) electrons. The Morgan fingerprint density at radius 2 is 2.16 bits per heavy atom. The van der Waals surface area contributed by atoms with Gasteiger partial charge in [-0.25, -0.2) is 9.50 Å². The molecule has 4 rings (SSSR count). The molecule has 0 aliphatic carbocycles. The van der Waals surface area contributed by atoms with Crippen molar-refractivity contribution in [3.8, 4) is 11.3 Å². The fourth-order valence-corrected chi connectivity index (χ4v) is 4.13. The number of fused-ring (bicyclic) bond motifs is 1. The Hall–Kier alpha value is -2.12. The van der Waals surface area contributed by atoms with E-state index in [0.29, 0.717) is 11.6 Å². The number of hydrogen-bond donors (Lipinski definition) is 0. The number of hydrogen-bond acceptors (Lipinski definition) is 6. The van der Waals surface area contributed by atoms with E-state index in [1.807, 2.05) is 30.5 Å². The quantitative estimate of drug-likeness (QED) is 0.655. The Bertz CT molecular complexity index is 874. The smallest absolute Gasteiger partial charge is 0.310 e. The van der Waals surface area contributed by atoms with Gasteiger partial charge in [-0.3, -0.25) is 4.79 Å². The summed E-state index contributed by atoms with van der Waals surface area (Å²) < 4.78 is 6.68. The van der Waals surface area contributed by atoms with Crippen LogP contribution >= 0.6 is 22.9 Å². The zero-order chi connectivity index (χ0) is 17.4. The molecule has 0 N–H and O–H groups in total. The molecule has 1 aliphatic heterocycles. The van der Waals surface area contributed by atoms with Crippen molar-refractivity contribution in [3.05, 3.63) is 35.5 Å². The Kier molecular flexibility index (Phi) is 4.35. The third kappa shape index (κ3) is 3.21. The summed E-state index contributed by atoms with van der Waals surface area (Å²) in [6.07, 6.45) is 3.74. The summed E-state index contributed by atoms with van der Waals surface area (Å²) in [5.74, 6) is -0.226. The molecule has 1 aliphatic rings. The van der Waals surface area contributed by atoms with Gasteiger partial charge in [-0.15, -0.1) is 5.10 Å². The number of nitrogens with zero attached hydrogens (tertiary/aromatic N) is 4. The number of esters is 1. The van der Waals surface area contributed by atoms with Crippen LogP contribution in [0, 0.1) is 5.92 Å². The largest absolute Gasteiger partial charge is 0.469 e. The Labute approximate surface area is 154 Å². The van der Waals surface area contributed by atoms with Crippen LogP contribution in [0.15, 0.2) is 30.5 Å². The van der Waals surface area contributed by atoms with Crippen molar-refractivity contribution in [2.45, 2.75) is 12.8 Å². The summed E-state index contributed by atoms with van der Waals surface area (Å²) >= 11 is 7.47. The first-order chi connectivity index (χ1) is 12.1. The monoisotopic (exact) mass is 376 g/mol. The highest BCUT2D eigenvalue weighted by molar-refractivity contribution is 7.20. The lowest BCUT2D eigenvalue weighted by molar-refractivity contribution is -0.145. The molecular weight excluding hydrogens is 360 g/mol. The van der Waals surface area contributed by atoms with E-state index in [9.17, 15) is 4.79 Å². The van der Waals surface area contributed by atoms with Gasteiger partial charge in [0.15, 0.2) is 0 Å². The molecule has 0 spiro atoms. The van der Waals surface area contributed by atoms with Gasteiger partial charge in [0.2, 0.25) is 10.1 Å². The highest BCUT2D eigenvalue weighted by Crippen LogP contribution is 2.30. The molecule has 0 saturated carbocycles. The summed E-state index contributed by atoms with van der Waals surface area (Å²) in [4.78, 5) is 19.4. The average Bonchev–Trinajstić information content (AvgIpc) is 3.21. The van der Waals surface area contributed by atoms with Crippen molar-refractivity contribution in [3.63, 3.8) is 0 Å². The minimum absolute atomic E-state index is 0.0837. The van der Waals surface area contributed by atoms with Gasteiger partial charge in [0, 0.05) is 23.7 Å². The van der Waals surface area contributed by atoms with Crippen LogP contribution < -0.4 is 4.90 Å². The Balaban J connectivity index is 1.57. The lowest BCUT2D eigenvalue weighted by atomic mass is 9.99. The van der Waals surface area contributed by atoms with Crippen LogP contribution in [0.4, 0.5) is 5.13 Å². The Morgan fingerprint density at radius 1 is 1.36 bits per heavy atom. The fourth-order valence-electron chi connectivity index (χ4n) is 3.09. The van der Waals surface area contributed by atoms with Crippen molar-refractivity contribution in [2.75, 3.05) is 25.1 Å². The van der Waals surface area contributed by atoms with Crippen LogP contribution in [0.3, 0.4) is 0 Å². The van der Waals surface area contributed by atoms with Gasteiger partial charge in [-0.2, -0.15) is 0 Å². The zero-order valence-electron chi connectivity index (χ0n) is 13.7.